The van der Waals surface area contributed by atoms with Crippen LogP contribution >= 0.6 is 0 Å². The standard InChI is InChI=1S/C28H36N4O3/c1-21-10-8-9-13-23(21)28(19-26(34)32(27(28)35)17-14-29(2)3)18-25(33)31-16-15-30(4)24(20-31)22-11-6-5-7-12-22/h5-13,24H,14-20H2,1-4H3. The Bertz CT molecular complexity index is 1090. The number of rotatable bonds is 7. The van der Waals surface area contributed by atoms with Crippen LogP contribution in [-0.2, 0) is 19.8 Å². The normalized spacial score (nSPS) is 23.4. The lowest BCUT2D eigenvalue weighted by atomic mass is 9.73. The van der Waals surface area contributed by atoms with Crippen LogP contribution in [0.5, 0.6) is 0 Å². The molecule has 0 bridgehead atoms. The topological polar surface area (TPSA) is 64.2 Å². The van der Waals surface area contributed by atoms with E-state index in [1.807, 2.05) is 73.3 Å². The summed E-state index contributed by atoms with van der Waals surface area (Å²) < 4.78 is 0. The molecule has 7 heteroatoms. The van der Waals surface area contributed by atoms with Gasteiger partial charge in [0, 0.05) is 45.6 Å². The summed E-state index contributed by atoms with van der Waals surface area (Å²) in [5.74, 6) is -0.521. The maximum atomic E-state index is 13.9. The van der Waals surface area contributed by atoms with E-state index in [0.29, 0.717) is 26.2 Å². The van der Waals surface area contributed by atoms with Crippen molar-refractivity contribution in [1.29, 1.82) is 0 Å². The number of piperazine rings is 1. The summed E-state index contributed by atoms with van der Waals surface area (Å²) in [6.45, 7) is 4.79. The molecule has 2 aliphatic rings. The lowest BCUT2D eigenvalue weighted by Crippen LogP contribution is -2.51. The van der Waals surface area contributed by atoms with Gasteiger partial charge >= 0.3 is 0 Å². The Morgan fingerprint density at radius 2 is 1.71 bits per heavy atom. The minimum absolute atomic E-state index is 0.00607. The number of amides is 3. The molecule has 35 heavy (non-hydrogen) atoms. The van der Waals surface area contributed by atoms with E-state index >= 15 is 0 Å². The van der Waals surface area contributed by atoms with E-state index in [0.717, 1.165) is 17.7 Å². The van der Waals surface area contributed by atoms with Crippen molar-refractivity contribution in [2.75, 3.05) is 53.9 Å². The lowest BCUT2D eigenvalue weighted by Gasteiger charge is -2.41. The molecule has 186 valence electrons. The summed E-state index contributed by atoms with van der Waals surface area (Å²) in [4.78, 5) is 48.2. The second-order valence-electron chi connectivity index (χ2n) is 10.2. The highest BCUT2D eigenvalue weighted by Crippen LogP contribution is 2.42. The SMILES string of the molecule is Cc1ccccc1C1(CC(=O)N2CCN(C)C(c3ccccc3)C2)CC(=O)N(CCN(C)C)C1=O. The van der Waals surface area contributed by atoms with Crippen molar-refractivity contribution in [3.63, 3.8) is 0 Å². The van der Waals surface area contributed by atoms with Crippen molar-refractivity contribution in [2.24, 2.45) is 0 Å². The van der Waals surface area contributed by atoms with Gasteiger partial charge in [-0.25, -0.2) is 0 Å². The van der Waals surface area contributed by atoms with Gasteiger partial charge in [0.1, 0.15) is 0 Å². The van der Waals surface area contributed by atoms with Crippen LogP contribution in [0.1, 0.15) is 35.6 Å². The molecule has 3 amide bonds. The molecule has 2 unspecified atom stereocenters. The molecule has 2 atom stereocenters. The van der Waals surface area contributed by atoms with Crippen LogP contribution in [0.25, 0.3) is 0 Å². The Balaban J connectivity index is 1.62. The zero-order valence-corrected chi connectivity index (χ0v) is 21.2. The molecule has 0 aliphatic carbocycles. The first kappa shape index (κ1) is 25.1. The van der Waals surface area contributed by atoms with Crippen molar-refractivity contribution < 1.29 is 14.4 Å². The van der Waals surface area contributed by atoms with Gasteiger partial charge in [-0.3, -0.25) is 24.2 Å². The smallest absolute Gasteiger partial charge is 0.240 e. The van der Waals surface area contributed by atoms with E-state index in [2.05, 4.69) is 24.1 Å². The van der Waals surface area contributed by atoms with E-state index in [-0.39, 0.29) is 36.6 Å². The minimum Gasteiger partial charge on any atom is -0.339 e. The van der Waals surface area contributed by atoms with Crippen LogP contribution in [0, 0.1) is 6.92 Å². The number of likely N-dealkylation sites (N-methyl/N-ethyl adjacent to an activating group) is 2. The molecule has 0 aromatic heterocycles. The van der Waals surface area contributed by atoms with E-state index in [9.17, 15) is 14.4 Å². The Kier molecular flexibility index (Phi) is 7.38. The number of benzene rings is 2. The van der Waals surface area contributed by atoms with Crippen LogP contribution in [0.4, 0.5) is 0 Å². The van der Waals surface area contributed by atoms with Crippen molar-refractivity contribution in [3.8, 4) is 0 Å². The molecule has 2 aliphatic heterocycles. The Morgan fingerprint density at radius 1 is 1.03 bits per heavy atom. The molecule has 2 saturated heterocycles. The summed E-state index contributed by atoms with van der Waals surface area (Å²) in [7, 11) is 5.91. The Labute approximate surface area is 208 Å². The van der Waals surface area contributed by atoms with Crippen LogP contribution in [0.15, 0.2) is 54.6 Å². The van der Waals surface area contributed by atoms with Crippen LogP contribution < -0.4 is 0 Å². The van der Waals surface area contributed by atoms with E-state index in [4.69, 9.17) is 0 Å². The average Bonchev–Trinajstić information content (AvgIpc) is 3.08. The van der Waals surface area contributed by atoms with Gasteiger partial charge in [-0.2, -0.15) is 0 Å². The van der Waals surface area contributed by atoms with Crippen LogP contribution in [0.2, 0.25) is 0 Å². The predicted molar refractivity (Wildman–Crippen MR) is 136 cm³/mol. The van der Waals surface area contributed by atoms with Gasteiger partial charge in [0.15, 0.2) is 0 Å². The third kappa shape index (κ3) is 5.02. The quantitative estimate of drug-likeness (QED) is 0.575. The fraction of sp³-hybridized carbons (Fsp3) is 0.464. The van der Waals surface area contributed by atoms with Crippen LogP contribution in [0.3, 0.4) is 0 Å². The molecule has 0 radical (unpaired) electrons. The number of carbonyl (C=O) groups is 3. The van der Waals surface area contributed by atoms with E-state index in [1.54, 1.807) is 0 Å². The van der Waals surface area contributed by atoms with Gasteiger partial charge < -0.3 is 9.80 Å². The molecule has 2 aromatic rings. The summed E-state index contributed by atoms with van der Waals surface area (Å²) >= 11 is 0. The third-order valence-corrected chi connectivity index (χ3v) is 7.48. The number of nitrogens with zero attached hydrogens (tertiary/aromatic N) is 4. The molecule has 0 spiro atoms. The Morgan fingerprint density at radius 3 is 2.40 bits per heavy atom. The second kappa shape index (κ2) is 10.3. The highest BCUT2D eigenvalue weighted by atomic mass is 16.2. The van der Waals surface area contributed by atoms with Crippen molar-refractivity contribution in [2.45, 2.75) is 31.2 Å². The molecule has 7 nitrogen and oxygen atoms in total. The van der Waals surface area contributed by atoms with Gasteiger partial charge in [-0.15, -0.1) is 0 Å². The van der Waals surface area contributed by atoms with Crippen molar-refractivity contribution in [1.82, 2.24) is 19.6 Å². The van der Waals surface area contributed by atoms with Gasteiger partial charge in [-0.1, -0.05) is 54.6 Å². The average molecular weight is 477 g/mol. The monoisotopic (exact) mass is 476 g/mol. The zero-order valence-electron chi connectivity index (χ0n) is 21.2. The summed E-state index contributed by atoms with van der Waals surface area (Å²) in [6, 6.07) is 18.0. The highest BCUT2D eigenvalue weighted by molar-refractivity contribution is 6.11. The summed E-state index contributed by atoms with van der Waals surface area (Å²) in [6.07, 6.45) is 0.0395. The second-order valence-corrected chi connectivity index (χ2v) is 10.2. The van der Waals surface area contributed by atoms with Gasteiger partial charge in [-0.05, 0) is 44.8 Å². The van der Waals surface area contributed by atoms with Crippen molar-refractivity contribution >= 4 is 17.7 Å². The number of aryl methyl sites for hydroxylation is 1. The van der Waals surface area contributed by atoms with Crippen LogP contribution in [-0.4, -0.2) is 91.2 Å². The first-order chi connectivity index (χ1) is 16.7. The predicted octanol–water partition coefficient (Wildman–Crippen LogP) is 2.46. The molecule has 2 aromatic carbocycles. The third-order valence-electron chi connectivity index (χ3n) is 7.48. The summed E-state index contributed by atoms with van der Waals surface area (Å²) in [5.41, 5.74) is 1.73. The molecule has 2 fully saturated rings. The number of imide groups is 1. The number of likely N-dealkylation sites (tertiary alicyclic amines) is 1. The fourth-order valence-corrected chi connectivity index (χ4v) is 5.39. The first-order valence-corrected chi connectivity index (χ1v) is 12.3. The first-order valence-electron chi connectivity index (χ1n) is 12.3. The molecular weight excluding hydrogens is 440 g/mol. The molecule has 2 heterocycles. The number of hydrogen-bond donors (Lipinski definition) is 0. The zero-order chi connectivity index (χ0) is 25.2. The number of carbonyl (C=O) groups excluding carboxylic acids is 3. The minimum atomic E-state index is -1.16. The van der Waals surface area contributed by atoms with Gasteiger partial charge in [0.25, 0.3) is 0 Å². The maximum absolute atomic E-state index is 13.9. The molecule has 0 saturated carbocycles. The van der Waals surface area contributed by atoms with Gasteiger partial charge in [0.05, 0.1) is 11.5 Å². The van der Waals surface area contributed by atoms with Gasteiger partial charge in [0.2, 0.25) is 17.7 Å². The van der Waals surface area contributed by atoms with Crippen molar-refractivity contribution in [3.05, 3.63) is 71.3 Å². The highest BCUT2D eigenvalue weighted by Gasteiger charge is 2.54. The fourth-order valence-electron chi connectivity index (χ4n) is 5.39. The molecular formula is C28H36N4O3. The molecule has 0 N–H and O–H groups in total. The lowest BCUT2D eigenvalue weighted by molar-refractivity contribution is -0.143. The summed E-state index contributed by atoms with van der Waals surface area (Å²) in [5, 5.41) is 0. The van der Waals surface area contributed by atoms with E-state index in [1.165, 1.54) is 10.5 Å². The number of hydrogen-bond acceptors (Lipinski definition) is 5. The Hall–Kier alpha value is -3.03. The molecule has 4 rings (SSSR count). The largest absolute Gasteiger partial charge is 0.339 e. The van der Waals surface area contributed by atoms with E-state index < -0.39 is 5.41 Å². The maximum Gasteiger partial charge on any atom is 0.240 e.